The second-order valence-corrected chi connectivity index (χ2v) is 4.63. The zero-order valence-electron chi connectivity index (χ0n) is 10.8. The van der Waals surface area contributed by atoms with E-state index in [1.165, 1.54) is 6.07 Å². The van der Waals surface area contributed by atoms with E-state index in [1.807, 2.05) is 6.07 Å². The van der Waals surface area contributed by atoms with Crippen LogP contribution < -0.4 is 5.32 Å². The van der Waals surface area contributed by atoms with Gasteiger partial charge >= 0.3 is 0 Å². The zero-order chi connectivity index (χ0) is 13.7. The molecular weight excluding hydrogens is 246 g/mol. The van der Waals surface area contributed by atoms with Crippen LogP contribution in [-0.4, -0.2) is 47.7 Å². The topological polar surface area (TPSA) is 78.6 Å². The maximum absolute atomic E-state index is 11.1. The number of rotatable bonds is 5. The molecule has 0 spiro atoms. The van der Waals surface area contributed by atoms with Crippen molar-refractivity contribution in [3.05, 3.63) is 39.9 Å². The first kappa shape index (κ1) is 13.9. The lowest BCUT2D eigenvalue weighted by Gasteiger charge is -2.34. The largest absolute Gasteiger partial charge is 0.396 e. The molecule has 1 aliphatic rings. The van der Waals surface area contributed by atoms with E-state index in [2.05, 4.69) is 10.2 Å². The zero-order valence-corrected chi connectivity index (χ0v) is 10.8. The number of benzene rings is 1. The van der Waals surface area contributed by atoms with Gasteiger partial charge in [0.1, 0.15) is 0 Å². The second-order valence-electron chi connectivity index (χ2n) is 4.63. The Bertz CT molecular complexity index is 433. The Morgan fingerprint density at radius 1 is 1.37 bits per heavy atom. The third kappa shape index (κ3) is 3.28. The van der Waals surface area contributed by atoms with E-state index >= 15 is 0 Å². The summed E-state index contributed by atoms with van der Waals surface area (Å²) in [7, 11) is 0. The van der Waals surface area contributed by atoms with E-state index in [1.54, 1.807) is 12.1 Å². The number of nitro benzene ring substituents is 1. The lowest BCUT2D eigenvalue weighted by Crippen LogP contribution is -2.45. The summed E-state index contributed by atoms with van der Waals surface area (Å²) in [6.45, 7) is 3.47. The highest BCUT2D eigenvalue weighted by Gasteiger charge is 2.27. The smallest absolute Gasteiger partial charge is 0.274 e. The molecule has 1 heterocycles. The number of nitrogens with one attached hydrogen (secondary N) is 1. The molecule has 0 aliphatic carbocycles. The van der Waals surface area contributed by atoms with Crippen molar-refractivity contribution in [3.8, 4) is 0 Å². The second kappa shape index (κ2) is 6.60. The Kier molecular flexibility index (Phi) is 4.84. The monoisotopic (exact) mass is 265 g/mol. The van der Waals surface area contributed by atoms with E-state index in [9.17, 15) is 15.2 Å². The molecule has 19 heavy (non-hydrogen) atoms. The van der Waals surface area contributed by atoms with Gasteiger partial charge in [0.2, 0.25) is 0 Å². The number of aliphatic hydroxyl groups excluding tert-OH is 1. The average molecular weight is 265 g/mol. The maximum atomic E-state index is 11.1. The predicted molar refractivity (Wildman–Crippen MR) is 72.0 cm³/mol. The first-order valence-corrected chi connectivity index (χ1v) is 6.53. The minimum absolute atomic E-state index is 0.0284. The molecule has 6 heteroatoms. The Hall–Kier alpha value is -1.50. The molecule has 0 aromatic heterocycles. The third-order valence-electron chi connectivity index (χ3n) is 3.49. The van der Waals surface area contributed by atoms with Gasteiger partial charge in [-0.3, -0.25) is 15.0 Å². The van der Waals surface area contributed by atoms with Crippen molar-refractivity contribution < 1.29 is 10.0 Å². The number of nitrogens with zero attached hydrogens (tertiary/aromatic N) is 2. The highest BCUT2D eigenvalue weighted by Crippen LogP contribution is 2.31. The molecule has 0 unspecified atom stereocenters. The maximum Gasteiger partial charge on any atom is 0.274 e. The molecule has 0 bridgehead atoms. The molecular formula is C13H19N3O3. The molecule has 0 amide bonds. The number of piperazine rings is 1. The molecule has 1 saturated heterocycles. The first-order chi connectivity index (χ1) is 9.24. The van der Waals surface area contributed by atoms with Crippen molar-refractivity contribution in [1.82, 2.24) is 10.2 Å². The fraction of sp³-hybridized carbons (Fsp3) is 0.538. The standard InChI is InChI=1S/C13H19N3O3/c17-10-5-12(15-8-6-14-7-9-15)11-3-1-2-4-13(11)16(18)19/h1-4,12,14,17H,5-10H2/t12-/m1/s1. The van der Waals surface area contributed by atoms with Gasteiger partial charge in [0, 0.05) is 50.5 Å². The van der Waals surface area contributed by atoms with Crippen LogP contribution in [0.25, 0.3) is 0 Å². The molecule has 104 valence electrons. The van der Waals surface area contributed by atoms with Crippen molar-refractivity contribution in [3.63, 3.8) is 0 Å². The summed E-state index contributed by atoms with van der Waals surface area (Å²) in [6, 6.07) is 6.72. The van der Waals surface area contributed by atoms with E-state index in [-0.39, 0.29) is 23.3 Å². The Morgan fingerprint density at radius 2 is 2.05 bits per heavy atom. The van der Waals surface area contributed by atoms with Crippen LogP contribution in [0.4, 0.5) is 5.69 Å². The molecule has 2 rings (SSSR count). The number of hydrogen-bond acceptors (Lipinski definition) is 5. The van der Waals surface area contributed by atoms with Crippen molar-refractivity contribution in [2.75, 3.05) is 32.8 Å². The number of aliphatic hydroxyl groups is 1. The van der Waals surface area contributed by atoms with Gasteiger partial charge in [0.05, 0.1) is 4.92 Å². The summed E-state index contributed by atoms with van der Waals surface area (Å²) in [4.78, 5) is 13.0. The van der Waals surface area contributed by atoms with Crippen molar-refractivity contribution in [2.45, 2.75) is 12.5 Å². The van der Waals surface area contributed by atoms with E-state index in [0.717, 1.165) is 26.2 Å². The number of hydrogen-bond donors (Lipinski definition) is 2. The summed E-state index contributed by atoms with van der Waals surface area (Å²) >= 11 is 0. The van der Waals surface area contributed by atoms with Gasteiger partial charge < -0.3 is 10.4 Å². The molecule has 1 aromatic rings. The van der Waals surface area contributed by atoms with Gasteiger partial charge in [0.15, 0.2) is 0 Å². The van der Waals surface area contributed by atoms with Crippen LogP contribution in [0.3, 0.4) is 0 Å². The summed E-state index contributed by atoms with van der Waals surface area (Å²) in [5.41, 5.74) is 0.836. The molecule has 6 nitrogen and oxygen atoms in total. The molecule has 1 fully saturated rings. The minimum atomic E-state index is -0.345. The Morgan fingerprint density at radius 3 is 2.68 bits per heavy atom. The highest BCUT2D eigenvalue weighted by atomic mass is 16.6. The predicted octanol–water partition coefficient (Wildman–Crippen LogP) is 0.923. The van der Waals surface area contributed by atoms with Crippen LogP contribution >= 0.6 is 0 Å². The summed E-state index contributed by atoms with van der Waals surface area (Å²) < 4.78 is 0. The van der Waals surface area contributed by atoms with Crippen LogP contribution in [0, 0.1) is 10.1 Å². The molecule has 0 radical (unpaired) electrons. The summed E-state index contributed by atoms with van der Waals surface area (Å²) in [5.74, 6) is 0. The number of nitro groups is 1. The van der Waals surface area contributed by atoms with E-state index in [4.69, 9.17) is 0 Å². The Labute approximate surface area is 112 Å². The van der Waals surface area contributed by atoms with Crippen LogP contribution in [-0.2, 0) is 0 Å². The van der Waals surface area contributed by atoms with Crippen LogP contribution in [0.2, 0.25) is 0 Å². The van der Waals surface area contributed by atoms with E-state index in [0.29, 0.717) is 12.0 Å². The first-order valence-electron chi connectivity index (χ1n) is 6.53. The molecule has 1 aromatic carbocycles. The van der Waals surface area contributed by atoms with Crippen molar-refractivity contribution in [1.29, 1.82) is 0 Å². The van der Waals surface area contributed by atoms with Gasteiger partial charge in [-0.25, -0.2) is 0 Å². The molecule has 2 N–H and O–H groups in total. The minimum Gasteiger partial charge on any atom is -0.396 e. The van der Waals surface area contributed by atoms with Gasteiger partial charge in [-0.2, -0.15) is 0 Å². The van der Waals surface area contributed by atoms with Crippen LogP contribution in [0.15, 0.2) is 24.3 Å². The van der Waals surface area contributed by atoms with Gasteiger partial charge in [-0.05, 0) is 6.42 Å². The fourth-order valence-electron chi connectivity index (χ4n) is 2.59. The lowest BCUT2D eigenvalue weighted by molar-refractivity contribution is -0.386. The molecule has 1 aliphatic heterocycles. The Balaban J connectivity index is 2.29. The van der Waals surface area contributed by atoms with E-state index < -0.39 is 0 Å². The van der Waals surface area contributed by atoms with Gasteiger partial charge in [0.25, 0.3) is 5.69 Å². The third-order valence-corrected chi connectivity index (χ3v) is 3.49. The van der Waals surface area contributed by atoms with Crippen LogP contribution in [0.5, 0.6) is 0 Å². The normalized spacial score (nSPS) is 18.2. The van der Waals surface area contributed by atoms with Crippen molar-refractivity contribution >= 4 is 5.69 Å². The highest BCUT2D eigenvalue weighted by molar-refractivity contribution is 5.42. The average Bonchev–Trinajstić information content (AvgIpc) is 2.45. The molecule has 1 atom stereocenters. The fourth-order valence-corrected chi connectivity index (χ4v) is 2.59. The summed E-state index contributed by atoms with van der Waals surface area (Å²) in [5, 5.41) is 23.6. The molecule has 0 saturated carbocycles. The van der Waals surface area contributed by atoms with Crippen LogP contribution in [0.1, 0.15) is 18.0 Å². The lowest BCUT2D eigenvalue weighted by atomic mass is 9.99. The quantitative estimate of drug-likeness (QED) is 0.611. The summed E-state index contributed by atoms with van der Waals surface area (Å²) in [6.07, 6.45) is 0.519. The van der Waals surface area contributed by atoms with Gasteiger partial charge in [-0.15, -0.1) is 0 Å². The van der Waals surface area contributed by atoms with Gasteiger partial charge in [-0.1, -0.05) is 18.2 Å². The van der Waals surface area contributed by atoms with Crippen molar-refractivity contribution in [2.24, 2.45) is 0 Å². The SMILES string of the molecule is O=[N+]([O-])c1ccccc1[C@@H](CCO)N1CCNCC1. The number of para-hydroxylation sites is 1.